The van der Waals surface area contributed by atoms with E-state index in [0.717, 1.165) is 21.2 Å². The van der Waals surface area contributed by atoms with E-state index in [4.69, 9.17) is 5.73 Å². The van der Waals surface area contributed by atoms with E-state index in [1.54, 1.807) is 0 Å². The highest BCUT2D eigenvalue weighted by Gasteiger charge is 2.18. The molecule has 104 valence electrons. The Hall–Kier alpha value is -1.82. The summed E-state index contributed by atoms with van der Waals surface area (Å²) in [6.45, 7) is 4.90. The van der Waals surface area contributed by atoms with Gasteiger partial charge in [0.15, 0.2) is 5.65 Å². The Morgan fingerprint density at radius 1 is 1.30 bits per heavy atom. The normalized spacial score (nSPS) is 11.6. The van der Waals surface area contributed by atoms with Gasteiger partial charge in [0.2, 0.25) is 0 Å². The van der Waals surface area contributed by atoms with E-state index in [1.165, 1.54) is 5.56 Å². The fourth-order valence-electron chi connectivity index (χ4n) is 2.29. The second-order valence-electron chi connectivity index (χ2n) is 5.16. The van der Waals surface area contributed by atoms with Crippen LogP contribution in [0.2, 0.25) is 0 Å². The summed E-state index contributed by atoms with van der Waals surface area (Å²) in [4.78, 5) is 0. The molecule has 0 spiro atoms. The number of nitrogen functional groups attached to an aromatic ring is 1. The molecule has 0 saturated heterocycles. The van der Waals surface area contributed by atoms with Crippen molar-refractivity contribution < 1.29 is 0 Å². The van der Waals surface area contributed by atoms with Gasteiger partial charge >= 0.3 is 0 Å². The Morgan fingerprint density at radius 3 is 2.65 bits per heavy atom. The second-order valence-corrected chi connectivity index (χ2v) is 6.08. The Kier molecular flexibility index (Phi) is 3.25. The third-order valence-electron chi connectivity index (χ3n) is 3.30. The number of aromatic nitrogens is 4. The minimum atomic E-state index is 0.309. The summed E-state index contributed by atoms with van der Waals surface area (Å²) >= 11 is 3.44. The van der Waals surface area contributed by atoms with Gasteiger partial charge in [0.25, 0.3) is 0 Å². The molecule has 0 fully saturated rings. The lowest BCUT2D eigenvalue weighted by Crippen LogP contribution is -2.03. The van der Waals surface area contributed by atoms with E-state index in [2.05, 4.69) is 57.2 Å². The molecule has 3 N–H and O–H groups in total. The van der Waals surface area contributed by atoms with Crippen molar-refractivity contribution in [3.8, 4) is 0 Å². The molecule has 6 heteroatoms. The maximum atomic E-state index is 5.96. The van der Waals surface area contributed by atoms with Crippen LogP contribution in [0.25, 0.3) is 11.0 Å². The van der Waals surface area contributed by atoms with E-state index >= 15 is 0 Å². The molecule has 20 heavy (non-hydrogen) atoms. The Labute approximate surface area is 125 Å². The molecule has 0 aliphatic carbocycles. The minimum absolute atomic E-state index is 0.309. The van der Waals surface area contributed by atoms with E-state index in [1.807, 2.05) is 16.8 Å². The number of anilines is 1. The Bertz CT molecular complexity index is 739. The van der Waals surface area contributed by atoms with Crippen LogP contribution in [0.1, 0.15) is 31.0 Å². The lowest BCUT2D eigenvalue weighted by Gasteiger charge is -2.03. The first-order valence-electron chi connectivity index (χ1n) is 6.51. The summed E-state index contributed by atoms with van der Waals surface area (Å²) < 4.78 is 2.97. The topological polar surface area (TPSA) is 72.5 Å². The summed E-state index contributed by atoms with van der Waals surface area (Å²) in [6, 6.07) is 8.20. The van der Waals surface area contributed by atoms with Crippen LogP contribution < -0.4 is 5.73 Å². The number of hydrogen-bond donors (Lipinski definition) is 2. The number of H-pyrrole nitrogens is 1. The number of nitrogens with one attached hydrogen (secondary N) is 1. The molecular formula is C14H16BrN5. The average molecular weight is 334 g/mol. The Balaban J connectivity index is 2.05. The van der Waals surface area contributed by atoms with Gasteiger partial charge in [-0.15, -0.1) is 0 Å². The molecule has 3 aromatic rings. The molecule has 0 aliphatic heterocycles. The van der Waals surface area contributed by atoms with Gasteiger partial charge in [-0.05, 0) is 23.6 Å². The van der Waals surface area contributed by atoms with Gasteiger partial charge in [-0.25, -0.2) is 4.68 Å². The fraction of sp³-hybridized carbons (Fsp3) is 0.286. The molecule has 2 heterocycles. The highest BCUT2D eigenvalue weighted by Crippen LogP contribution is 2.28. The van der Waals surface area contributed by atoms with E-state index in [-0.39, 0.29) is 0 Å². The molecule has 0 bridgehead atoms. The number of benzene rings is 1. The summed E-state index contributed by atoms with van der Waals surface area (Å²) in [5, 5.41) is 12.7. The van der Waals surface area contributed by atoms with Crippen molar-refractivity contribution in [2.75, 3.05) is 5.73 Å². The molecule has 0 saturated carbocycles. The largest absolute Gasteiger partial charge is 0.383 e. The average Bonchev–Trinajstić information content (AvgIpc) is 2.95. The number of hydrogen-bond acceptors (Lipinski definition) is 3. The molecule has 0 radical (unpaired) electrons. The predicted molar refractivity (Wildman–Crippen MR) is 83.6 cm³/mol. The maximum absolute atomic E-state index is 5.96. The molecular weight excluding hydrogens is 318 g/mol. The first-order chi connectivity index (χ1) is 9.56. The highest BCUT2D eigenvalue weighted by molar-refractivity contribution is 9.10. The monoisotopic (exact) mass is 333 g/mol. The van der Waals surface area contributed by atoms with E-state index < -0.39 is 0 Å². The van der Waals surface area contributed by atoms with Gasteiger partial charge < -0.3 is 5.73 Å². The highest BCUT2D eigenvalue weighted by atomic mass is 79.9. The molecule has 1 aromatic carbocycles. The number of nitrogens with zero attached hydrogens (tertiary/aromatic N) is 3. The van der Waals surface area contributed by atoms with Crippen LogP contribution in [0.5, 0.6) is 0 Å². The van der Waals surface area contributed by atoms with Crippen LogP contribution in [0.15, 0.2) is 28.7 Å². The van der Waals surface area contributed by atoms with E-state index in [0.29, 0.717) is 18.3 Å². The van der Waals surface area contributed by atoms with Gasteiger partial charge in [0.05, 0.1) is 17.6 Å². The summed E-state index contributed by atoms with van der Waals surface area (Å²) in [6.07, 6.45) is 0. The molecule has 0 amide bonds. The van der Waals surface area contributed by atoms with Crippen LogP contribution >= 0.6 is 15.9 Å². The van der Waals surface area contributed by atoms with Crippen molar-refractivity contribution in [1.29, 1.82) is 0 Å². The number of rotatable bonds is 3. The molecule has 0 atom stereocenters. The molecule has 5 nitrogen and oxygen atoms in total. The molecule has 0 aliphatic rings. The minimum Gasteiger partial charge on any atom is -0.383 e. The number of halogens is 1. The molecule has 3 rings (SSSR count). The number of aromatic amines is 1. The van der Waals surface area contributed by atoms with Crippen LogP contribution in [0.3, 0.4) is 0 Å². The first-order valence-corrected chi connectivity index (χ1v) is 7.30. The van der Waals surface area contributed by atoms with Gasteiger partial charge in [-0.1, -0.05) is 41.9 Å². The zero-order valence-electron chi connectivity index (χ0n) is 11.4. The zero-order valence-corrected chi connectivity index (χ0v) is 13.0. The summed E-state index contributed by atoms with van der Waals surface area (Å²) in [5.74, 6) is 0.898. The fourth-order valence-corrected chi connectivity index (χ4v) is 2.55. The predicted octanol–water partition coefficient (Wildman–Crippen LogP) is 3.28. The lowest BCUT2D eigenvalue weighted by atomic mass is 10.1. The van der Waals surface area contributed by atoms with Crippen molar-refractivity contribution in [2.45, 2.75) is 26.3 Å². The maximum Gasteiger partial charge on any atom is 0.182 e. The molecule has 2 aromatic heterocycles. The number of nitrogens with two attached hydrogens (primary N) is 1. The van der Waals surface area contributed by atoms with Crippen molar-refractivity contribution in [3.05, 3.63) is 40.0 Å². The third-order valence-corrected chi connectivity index (χ3v) is 3.83. The van der Waals surface area contributed by atoms with Gasteiger partial charge in [-0.2, -0.15) is 10.2 Å². The first kappa shape index (κ1) is 13.2. The SMILES string of the molecule is CC(C)c1nn(Cc2ccc(Br)cc2)c2n[nH]c(N)c12. The van der Waals surface area contributed by atoms with Crippen molar-refractivity contribution in [1.82, 2.24) is 20.0 Å². The quantitative estimate of drug-likeness (QED) is 0.772. The van der Waals surface area contributed by atoms with Crippen molar-refractivity contribution in [2.24, 2.45) is 0 Å². The lowest BCUT2D eigenvalue weighted by molar-refractivity contribution is 0.666. The summed E-state index contributed by atoms with van der Waals surface area (Å²) in [5.41, 5.74) is 8.94. The number of fused-ring (bicyclic) bond motifs is 1. The van der Waals surface area contributed by atoms with Gasteiger partial charge in [-0.3, -0.25) is 5.10 Å². The van der Waals surface area contributed by atoms with Crippen LogP contribution in [-0.2, 0) is 6.54 Å². The van der Waals surface area contributed by atoms with Crippen molar-refractivity contribution >= 4 is 32.8 Å². The van der Waals surface area contributed by atoms with E-state index in [9.17, 15) is 0 Å². The standard InChI is InChI=1S/C14H16BrN5/c1-8(2)12-11-13(16)17-18-14(11)20(19-12)7-9-3-5-10(15)6-4-9/h3-6,8H,7H2,1-2H3,(H3,16,17,18). The third kappa shape index (κ3) is 2.20. The van der Waals surface area contributed by atoms with Crippen molar-refractivity contribution in [3.63, 3.8) is 0 Å². The van der Waals surface area contributed by atoms with Crippen LogP contribution in [0.4, 0.5) is 5.82 Å². The van der Waals surface area contributed by atoms with Gasteiger partial charge in [0, 0.05) is 4.47 Å². The van der Waals surface area contributed by atoms with Gasteiger partial charge in [0.1, 0.15) is 5.82 Å². The second kappa shape index (κ2) is 4.94. The van der Waals surface area contributed by atoms with Crippen LogP contribution in [0, 0.1) is 0 Å². The zero-order chi connectivity index (χ0) is 14.3. The Morgan fingerprint density at radius 2 is 2.00 bits per heavy atom. The summed E-state index contributed by atoms with van der Waals surface area (Å²) in [7, 11) is 0. The van der Waals surface area contributed by atoms with Crippen LogP contribution in [-0.4, -0.2) is 20.0 Å². The smallest absolute Gasteiger partial charge is 0.182 e. The molecule has 0 unspecified atom stereocenters.